The SMILES string of the molecule is CCCOC(=O)OCOC(=O)C(C)(C)Oc1ccc(CCNC(=O)c2ccc(Cl)cc2)cc1. The van der Waals surface area contributed by atoms with Crippen LogP contribution in [0.3, 0.4) is 0 Å². The molecule has 8 nitrogen and oxygen atoms in total. The zero-order valence-electron chi connectivity index (χ0n) is 18.9. The number of hydrogen-bond acceptors (Lipinski definition) is 7. The average molecular weight is 478 g/mol. The van der Waals surface area contributed by atoms with Gasteiger partial charge in [-0.25, -0.2) is 9.59 Å². The molecule has 9 heteroatoms. The van der Waals surface area contributed by atoms with Crippen molar-refractivity contribution in [3.05, 3.63) is 64.7 Å². The lowest BCUT2D eigenvalue weighted by Gasteiger charge is -2.24. The van der Waals surface area contributed by atoms with Gasteiger partial charge in [-0.1, -0.05) is 30.7 Å². The Hall–Kier alpha value is -3.26. The van der Waals surface area contributed by atoms with Crippen LogP contribution in [0.1, 0.15) is 43.1 Å². The number of carbonyl (C=O) groups excluding carboxylic acids is 3. The molecular weight excluding hydrogens is 450 g/mol. The van der Waals surface area contributed by atoms with Gasteiger partial charge < -0.3 is 24.3 Å². The summed E-state index contributed by atoms with van der Waals surface area (Å²) < 4.78 is 20.1. The molecule has 2 rings (SSSR count). The molecule has 2 aromatic rings. The molecule has 0 aromatic heterocycles. The van der Waals surface area contributed by atoms with Crippen LogP contribution >= 0.6 is 11.6 Å². The third-order valence-corrected chi connectivity index (χ3v) is 4.64. The maximum absolute atomic E-state index is 12.2. The fraction of sp³-hybridized carbons (Fsp3) is 0.375. The second kappa shape index (κ2) is 12.7. The van der Waals surface area contributed by atoms with Gasteiger partial charge in [-0.15, -0.1) is 0 Å². The summed E-state index contributed by atoms with van der Waals surface area (Å²) in [5, 5.41) is 3.43. The first-order chi connectivity index (χ1) is 15.7. The molecule has 0 atom stereocenters. The van der Waals surface area contributed by atoms with Gasteiger partial charge in [-0.3, -0.25) is 4.79 Å². The maximum Gasteiger partial charge on any atom is 0.511 e. The molecule has 178 valence electrons. The zero-order valence-corrected chi connectivity index (χ0v) is 19.6. The monoisotopic (exact) mass is 477 g/mol. The summed E-state index contributed by atoms with van der Waals surface area (Å²) in [4.78, 5) is 35.6. The minimum atomic E-state index is -1.30. The smallest absolute Gasteiger partial charge is 0.476 e. The minimum Gasteiger partial charge on any atom is -0.476 e. The summed E-state index contributed by atoms with van der Waals surface area (Å²) in [6.45, 7) is 5.07. The number of ether oxygens (including phenoxy) is 4. The number of carbonyl (C=O) groups is 3. The number of rotatable bonds is 11. The van der Waals surface area contributed by atoms with Gasteiger partial charge in [0.25, 0.3) is 5.91 Å². The molecule has 2 aromatic carbocycles. The van der Waals surface area contributed by atoms with Crippen LogP contribution in [0, 0.1) is 0 Å². The lowest BCUT2D eigenvalue weighted by atomic mass is 10.1. The van der Waals surface area contributed by atoms with Crippen LogP contribution in [-0.4, -0.2) is 43.6 Å². The standard InChI is InChI=1S/C24H28ClNO7/c1-4-15-30-23(29)32-16-31-22(28)24(2,3)33-20-11-5-17(6-12-20)13-14-26-21(27)18-7-9-19(25)10-8-18/h5-12H,4,13-16H2,1-3H3,(H,26,27). The van der Waals surface area contributed by atoms with Crippen molar-refractivity contribution >= 4 is 29.6 Å². The van der Waals surface area contributed by atoms with E-state index < -0.39 is 24.5 Å². The summed E-state index contributed by atoms with van der Waals surface area (Å²) in [5.41, 5.74) is 0.226. The van der Waals surface area contributed by atoms with E-state index in [-0.39, 0.29) is 12.5 Å². The summed E-state index contributed by atoms with van der Waals surface area (Å²) in [7, 11) is 0. The Morgan fingerprint density at radius 3 is 2.24 bits per heavy atom. The number of nitrogens with one attached hydrogen (secondary N) is 1. The number of amides is 1. The van der Waals surface area contributed by atoms with Gasteiger partial charge in [0.15, 0.2) is 5.60 Å². The first-order valence-electron chi connectivity index (χ1n) is 10.5. The van der Waals surface area contributed by atoms with Crippen molar-refractivity contribution in [2.24, 2.45) is 0 Å². The summed E-state index contributed by atoms with van der Waals surface area (Å²) in [6, 6.07) is 13.8. The first kappa shape index (κ1) is 26.0. The fourth-order valence-electron chi connectivity index (χ4n) is 2.62. The van der Waals surface area contributed by atoms with Crippen molar-refractivity contribution in [2.45, 2.75) is 39.2 Å². The third kappa shape index (κ3) is 9.02. The molecule has 1 amide bonds. The Balaban J connectivity index is 1.76. The van der Waals surface area contributed by atoms with Crippen LogP contribution in [0.15, 0.2) is 48.5 Å². The van der Waals surface area contributed by atoms with Gasteiger partial charge >= 0.3 is 12.1 Å². The summed E-state index contributed by atoms with van der Waals surface area (Å²) in [6.07, 6.45) is 0.381. The van der Waals surface area contributed by atoms with Crippen molar-refractivity contribution in [3.63, 3.8) is 0 Å². The molecule has 0 saturated heterocycles. The van der Waals surface area contributed by atoms with Crippen molar-refractivity contribution in [3.8, 4) is 5.75 Å². The number of benzene rings is 2. The second-order valence-electron chi connectivity index (χ2n) is 7.56. The van der Waals surface area contributed by atoms with E-state index in [4.69, 9.17) is 25.8 Å². The van der Waals surface area contributed by atoms with E-state index in [1.807, 2.05) is 19.1 Å². The molecule has 0 fully saturated rings. The Morgan fingerprint density at radius 2 is 1.61 bits per heavy atom. The predicted octanol–water partition coefficient (Wildman–Crippen LogP) is 4.53. The highest BCUT2D eigenvalue weighted by Gasteiger charge is 2.32. The molecule has 1 N–H and O–H groups in total. The zero-order chi connectivity index (χ0) is 24.3. The Bertz CT molecular complexity index is 927. The van der Waals surface area contributed by atoms with Crippen molar-refractivity contribution in [1.29, 1.82) is 0 Å². The molecule has 0 aliphatic rings. The Labute approximate surface area is 198 Å². The van der Waals surface area contributed by atoms with Crippen LogP contribution in [0.5, 0.6) is 5.75 Å². The van der Waals surface area contributed by atoms with E-state index in [0.717, 1.165) is 5.56 Å². The van der Waals surface area contributed by atoms with Gasteiger partial charge in [0, 0.05) is 17.1 Å². The highest BCUT2D eigenvalue weighted by atomic mass is 35.5. The summed E-state index contributed by atoms with van der Waals surface area (Å²) in [5.74, 6) is -0.400. The van der Waals surface area contributed by atoms with Crippen LogP contribution in [-0.2, 0) is 25.4 Å². The van der Waals surface area contributed by atoms with Gasteiger partial charge in [0.2, 0.25) is 6.79 Å². The second-order valence-corrected chi connectivity index (χ2v) is 8.00. The normalized spacial score (nSPS) is 10.8. The molecule has 0 saturated carbocycles. The van der Waals surface area contributed by atoms with Crippen LogP contribution < -0.4 is 10.1 Å². The Morgan fingerprint density at radius 1 is 0.939 bits per heavy atom. The lowest BCUT2D eigenvalue weighted by Crippen LogP contribution is -2.40. The van der Waals surface area contributed by atoms with Gasteiger partial charge in [0.05, 0.1) is 6.61 Å². The van der Waals surface area contributed by atoms with E-state index in [1.54, 1.807) is 50.2 Å². The fourth-order valence-corrected chi connectivity index (χ4v) is 2.74. The maximum atomic E-state index is 12.2. The van der Waals surface area contributed by atoms with E-state index in [0.29, 0.717) is 35.7 Å². The Kier molecular flexibility index (Phi) is 10.00. The molecule has 0 unspecified atom stereocenters. The highest BCUT2D eigenvalue weighted by molar-refractivity contribution is 6.30. The summed E-state index contributed by atoms with van der Waals surface area (Å²) >= 11 is 5.83. The third-order valence-electron chi connectivity index (χ3n) is 4.38. The number of esters is 1. The van der Waals surface area contributed by atoms with E-state index in [2.05, 4.69) is 10.1 Å². The molecule has 0 heterocycles. The van der Waals surface area contributed by atoms with E-state index >= 15 is 0 Å². The van der Waals surface area contributed by atoms with E-state index in [1.165, 1.54) is 0 Å². The van der Waals surface area contributed by atoms with Gasteiger partial charge in [-0.05, 0) is 68.7 Å². The topological polar surface area (TPSA) is 100 Å². The quantitative estimate of drug-likeness (QED) is 0.374. The largest absolute Gasteiger partial charge is 0.511 e. The van der Waals surface area contributed by atoms with Gasteiger partial charge in [-0.2, -0.15) is 0 Å². The first-order valence-corrected chi connectivity index (χ1v) is 10.9. The van der Waals surface area contributed by atoms with Crippen molar-refractivity contribution in [2.75, 3.05) is 19.9 Å². The van der Waals surface area contributed by atoms with E-state index in [9.17, 15) is 14.4 Å². The van der Waals surface area contributed by atoms with Crippen molar-refractivity contribution in [1.82, 2.24) is 5.32 Å². The predicted molar refractivity (Wildman–Crippen MR) is 122 cm³/mol. The number of halogens is 1. The minimum absolute atomic E-state index is 0.172. The highest BCUT2D eigenvalue weighted by Crippen LogP contribution is 2.20. The molecule has 0 spiro atoms. The lowest BCUT2D eigenvalue weighted by molar-refractivity contribution is -0.168. The average Bonchev–Trinajstić information content (AvgIpc) is 2.79. The molecule has 0 aliphatic heterocycles. The molecule has 0 radical (unpaired) electrons. The van der Waals surface area contributed by atoms with Crippen LogP contribution in [0.4, 0.5) is 4.79 Å². The molecular formula is C24H28ClNO7. The molecule has 0 aliphatic carbocycles. The van der Waals surface area contributed by atoms with Crippen LogP contribution in [0.25, 0.3) is 0 Å². The van der Waals surface area contributed by atoms with Crippen molar-refractivity contribution < 1.29 is 33.3 Å². The van der Waals surface area contributed by atoms with Crippen LogP contribution in [0.2, 0.25) is 5.02 Å². The van der Waals surface area contributed by atoms with Gasteiger partial charge in [0.1, 0.15) is 5.75 Å². The molecule has 33 heavy (non-hydrogen) atoms. The molecule has 0 bridgehead atoms. The number of hydrogen-bond donors (Lipinski definition) is 1.